The van der Waals surface area contributed by atoms with Crippen molar-refractivity contribution in [2.45, 2.75) is 51.4 Å². The minimum Gasteiger partial charge on any atom is -0.391 e. The molecule has 1 saturated carbocycles. The molecule has 4 aromatic rings. The molecule has 10 heteroatoms. The maximum Gasteiger partial charge on any atom is 0.229 e. The van der Waals surface area contributed by atoms with Crippen LogP contribution in [0, 0.1) is 17.6 Å². The van der Waals surface area contributed by atoms with E-state index in [1.807, 2.05) is 19.9 Å². The Morgan fingerprint density at radius 2 is 1.95 bits per heavy atom. The number of aliphatic hydroxyl groups excluding tert-OH is 1. The van der Waals surface area contributed by atoms with E-state index in [1.54, 1.807) is 30.7 Å². The van der Waals surface area contributed by atoms with Crippen LogP contribution in [0.4, 0.5) is 20.4 Å². The number of fused-ring (bicyclic) bond motifs is 1. The molecular formula is C27H30F2N6O2. The highest BCUT2D eigenvalue weighted by Gasteiger charge is 2.34. The second kappa shape index (κ2) is 10.5. The minimum absolute atomic E-state index is 0.0657. The molecule has 4 atom stereocenters. The fourth-order valence-corrected chi connectivity index (χ4v) is 5.09. The molecule has 8 nitrogen and oxygen atoms in total. The number of pyridine rings is 1. The Kier molecular flexibility index (Phi) is 7.14. The van der Waals surface area contributed by atoms with E-state index in [0.717, 1.165) is 17.7 Å². The second-order valence-electron chi connectivity index (χ2n) is 9.60. The molecule has 0 amide bonds. The molecule has 1 aromatic carbocycles. The number of aliphatic hydroxyl groups is 1. The standard InChI is InChI=1S/C27H30F2N6O2/c1-3-37-14-16-9-20(28)25(21(29)10-16)23-5-4-18-12-32-27(35(18)34-23)33-24-13-31-7-6-19(24)17-8-15(2)26(36)22(30)11-17/h4-7,9-10,12-13,15,17,22,26,36H,3,8,11,14,30H2,1-2H3,(H,32,33). The quantitative estimate of drug-likeness (QED) is 0.336. The topological polar surface area (TPSA) is 111 Å². The lowest BCUT2D eigenvalue weighted by molar-refractivity contribution is 0.0521. The van der Waals surface area contributed by atoms with E-state index in [2.05, 4.69) is 20.4 Å². The predicted molar refractivity (Wildman–Crippen MR) is 136 cm³/mol. The van der Waals surface area contributed by atoms with Crippen molar-refractivity contribution in [2.24, 2.45) is 11.7 Å². The van der Waals surface area contributed by atoms with Crippen LogP contribution in [0.5, 0.6) is 0 Å². The fourth-order valence-electron chi connectivity index (χ4n) is 5.09. The Balaban J connectivity index is 1.47. The van der Waals surface area contributed by atoms with Gasteiger partial charge in [-0.2, -0.15) is 9.61 Å². The van der Waals surface area contributed by atoms with Gasteiger partial charge in [0.25, 0.3) is 0 Å². The molecule has 3 aromatic heterocycles. The maximum atomic E-state index is 14.9. The molecule has 5 rings (SSSR count). The van der Waals surface area contributed by atoms with Crippen LogP contribution in [0.15, 0.2) is 48.9 Å². The lowest BCUT2D eigenvalue weighted by atomic mass is 9.74. The van der Waals surface area contributed by atoms with Gasteiger partial charge in [-0.15, -0.1) is 0 Å². The van der Waals surface area contributed by atoms with Crippen molar-refractivity contribution in [3.8, 4) is 11.3 Å². The van der Waals surface area contributed by atoms with Gasteiger partial charge in [-0.1, -0.05) is 6.92 Å². The zero-order valence-corrected chi connectivity index (χ0v) is 20.7. The van der Waals surface area contributed by atoms with E-state index in [-0.39, 0.29) is 35.7 Å². The molecule has 0 spiro atoms. The number of hydrogen-bond acceptors (Lipinski definition) is 7. The lowest BCUT2D eigenvalue weighted by Crippen LogP contribution is -2.44. The van der Waals surface area contributed by atoms with Crippen molar-refractivity contribution in [1.29, 1.82) is 0 Å². The number of benzene rings is 1. The van der Waals surface area contributed by atoms with E-state index in [9.17, 15) is 13.9 Å². The number of hydrogen-bond donors (Lipinski definition) is 3. The van der Waals surface area contributed by atoms with E-state index in [1.165, 1.54) is 16.6 Å². The van der Waals surface area contributed by atoms with Gasteiger partial charge in [-0.3, -0.25) is 4.98 Å². The van der Waals surface area contributed by atoms with E-state index in [0.29, 0.717) is 30.1 Å². The Labute approximate surface area is 213 Å². The van der Waals surface area contributed by atoms with Crippen LogP contribution in [0.2, 0.25) is 0 Å². The number of aromatic nitrogens is 4. The van der Waals surface area contributed by atoms with E-state index < -0.39 is 17.7 Å². The summed E-state index contributed by atoms with van der Waals surface area (Å²) in [5.74, 6) is -0.845. The first-order chi connectivity index (χ1) is 17.9. The summed E-state index contributed by atoms with van der Waals surface area (Å²) in [5, 5.41) is 18.1. The number of anilines is 2. The number of rotatable bonds is 7. The number of ether oxygens (including phenoxy) is 1. The van der Waals surface area contributed by atoms with Gasteiger partial charge in [0, 0.05) is 18.8 Å². The summed E-state index contributed by atoms with van der Waals surface area (Å²) >= 11 is 0. The van der Waals surface area contributed by atoms with E-state index >= 15 is 0 Å². The normalized spacial score (nSPS) is 21.9. The van der Waals surface area contributed by atoms with Gasteiger partial charge < -0.3 is 20.9 Å². The third kappa shape index (κ3) is 5.04. The average Bonchev–Trinajstić information content (AvgIpc) is 3.27. The highest BCUT2D eigenvalue weighted by atomic mass is 19.1. The van der Waals surface area contributed by atoms with Crippen molar-refractivity contribution in [3.63, 3.8) is 0 Å². The number of halogens is 2. The summed E-state index contributed by atoms with van der Waals surface area (Å²) in [6, 6.07) is 7.43. The van der Waals surface area contributed by atoms with Crippen molar-refractivity contribution in [1.82, 2.24) is 19.6 Å². The lowest BCUT2D eigenvalue weighted by Gasteiger charge is -2.36. The van der Waals surface area contributed by atoms with Crippen molar-refractivity contribution < 1.29 is 18.6 Å². The average molecular weight is 509 g/mol. The summed E-state index contributed by atoms with van der Waals surface area (Å²) in [6.07, 6.45) is 5.97. The predicted octanol–water partition coefficient (Wildman–Crippen LogP) is 4.55. The molecule has 4 N–H and O–H groups in total. The van der Waals surface area contributed by atoms with Crippen LogP contribution < -0.4 is 11.1 Å². The van der Waals surface area contributed by atoms with Crippen molar-refractivity contribution in [2.75, 3.05) is 11.9 Å². The molecule has 1 aliphatic rings. The maximum absolute atomic E-state index is 14.9. The number of nitrogens with two attached hydrogens (primary N) is 1. The van der Waals surface area contributed by atoms with Crippen LogP contribution in [0.25, 0.3) is 16.8 Å². The molecule has 37 heavy (non-hydrogen) atoms. The van der Waals surface area contributed by atoms with Gasteiger partial charge in [0.15, 0.2) is 0 Å². The molecule has 194 valence electrons. The van der Waals surface area contributed by atoms with Gasteiger partial charge in [0.2, 0.25) is 5.95 Å². The van der Waals surface area contributed by atoms with Crippen molar-refractivity contribution >= 4 is 17.2 Å². The zero-order chi connectivity index (χ0) is 26.1. The zero-order valence-electron chi connectivity index (χ0n) is 20.7. The summed E-state index contributed by atoms with van der Waals surface area (Å²) in [6.45, 7) is 4.40. The number of nitrogens with one attached hydrogen (secondary N) is 1. The first-order valence-electron chi connectivity index (χ1n) is 12.4. The van der Waals surface area contributed by atoms with Gasteiger partial charge in [0.05, 0.1) is 47.6 Å². The summed E-state index contributed by atoms with van der Waals surface area (Å²) in [5.41, 5.74) is 8.95. The van der Waals surface area contributed by atoms with Crippen molar-refractivity contribution in [3.05, 3.63) is 71.7 Å². The smallest absolute Gasteiger partial charge is 0.229 e. The van der Waals surface area contributed by atoms with Crippen LogP contribution in [0.1, 0.15) is 43.7 Å². The molecule has 1 aliphatic carbocycles. The fraction of sp³-hybridized carbons (Fsp3) is 0.370. The molecule has 0 saturated heterocycles. The highest BCUT2D eigenvalue weighted by Crippen LogP contribution is 2.39. The van der Waals surface area contributed by atoms with Crippen LogP contribution in [-0.2, 0) is 11.3 Å². The second-order valence-corrected chi connectivity index (χ2v) is 9.60. The largest absolute Gasteiger partial charge is 0.391 e. The molecule has 0 aliphatic heterocycles. The molecule has 0 radical (unpaired) electrons. The molecule has 4 unspecified atom stereocenters. The van der Waals surface area contributed by atoms with E-state index in [4.69, 9.17) is 10.5 Å². The molecule has 0 bridgehead atoms. The Morgan fingerprint density at radius 3 is 2.68 bits per heavy atom. The molecule has 1 fully saturated rings. The van der Waals surface area contributed by atoms with Crippen LogP contribution in [-0.4, -0.2) is 43.4 Å². The van der Waals surface area contributed by atoms with Gasteiger partial charge in [-0.25, -0.2) is 13.8 Å². The SMILES string of the molecule is CCOCc1cc(F)c(-c2ccc3cnc(Nc4cnccc4C4CC(C)C(O)C(N)C4)n3n2)c(F)c1. The highest BCUT2D eigenvalue weighted by molar-refractivity contribution is 5.66. The Bertz CT molecular complexity index is 1380. The summed E-state index contributed by atoms with van der Waals surface area (Å²) in [4.78, 5) is 8.70. The Morgan fingerprint density at radius 1 is 1.16 bits per heavy atom. The van der Waals surface area contributed by atoms with Gasteiger partial charge in [0.1, 0.15) is 11.6 Å². The minimum atomic E-state index is -0.712. The summed E-state index contributed by atoms with van der Waals surface area (Å²) < 4.78 is 36.7. The Hall–Kier alpha value is -3.47. The number of imidazole rings is 1. The monoisotopic (exact) mass is 508 g/mol. The van der Waals surface area contributed by atoms with Crippen LogP contribution in [0.3, 0.4) is 0 Å². The third-order valence-electron chi connectivity index (χ3n) is 6.99. The molecular weight excluding hydrogens is 478 g/mol. The first-order valence-corrected chi connectivity index (χ1v) is 12.4. The summed E-state index contributed by atoms with van der Waals surface area (Å²) in [7, 11) is 0. The van der Waals surface area contributed by atoms with Gasteiger partial charge in [-0.05, 0) is 73.1 Å². The third-order valence-corrected chi connectivity index (χ3v) is 6.99. The van der Waals surface area contributed by atoms with Crippen LogP contribution >= 0.6 is 0 Å². The molecule has 3 heterocycles. The van der Waals surface area contributed by atoms with Gasteiger partial charge >= 0.3 is 0 Å². The number of nitrogens with zero attached hydrogens (tertiary/aromatic N) is 4. The first kappa shape index (κ1) is 25.2.